The van der Waals surface area contributed by atoms with E-state index in [9.17, 15) is 0 Å². The first-order valence-electron chi connectivity index (χ1n) is 9.63. The smallest absolute Gasteiger partial charge is 0.107 e. The fraction of sp³-hybridized carbons (Fsp3) is 0.409. The van der Waals surface area contributed by atoms with Gasteiger partial charge in [-0.15, -0.1) is 23.7 Å². The van der Waals surface area contributed by atoms with E-state index >= 15 is 0 Å². The second kappa shape index (κ2) is 8.78. The lowest BCUT2D eigenvalue weighted by molar-refractivity contribution is 0.0900. The molecule has 150 valence electrons. The molecule has 4 nitrogen and oxygen atoms in total. The second-order valence-corrected chi connectivity index (χ2v) is 9.21. The van der Waals surface area contributed by atoms with Gasteiger partial charge in [0.2, 0.25) is 0 Å². The van der Waals surface area contributed by atoms with Crippen molar-refractivity contribution in [3.63, 3.8) is 0 Å². The molecule has 4 rings (SSSR count). The minimum atomic E-state index is 0. The minimum Gasteiger partial charge on any atom is -0.327 e. The van der Waals surface area contributed by atoms with Crippen molar-refractivity contribution in [2.45, 2.75) is 39.4 Å². The Morgan fingerprint density at radius 3 is 2.61 bits per heavy atom. The van der Waals surface area contributed by atoms with Gasteiger partial charge in [0.05, 0.1) is 11.4 Å². The van der Waals surface area contributed by atoms with Crippen molar-refractivity contribution in [3.05, 3.63) is 65.2 Å². The lowest BCUT2D eigenvalue weighted by Crippen LogP contribution is -2.52. The highest BCUT2D eigenvalue weighted by molar-refractivity contribution is 7.13. The molecule has 3 aromatic rings. The quantitative estimate of drug-likeness (QED) is 0.658. The zero-order valence-corrected chi connectivity index (χ0v) is 18.2. The van der Waals surface area contributed by atoms with Gasteiger partial charge in [0.25, 0.3) is 0 Å². The number of rotatable bonds is 5. The van der Waals surface area contributed by atoms with E-state index in [0.717, 1.165) is 38.3 Å². The van der Waals surface area contributed by atoms with Crippen LogP contribution in [-0.4, -0.2) is 33.8 Å². The molecule has 1 aromatic carbocycles. The van der Waals surface area contributed by atoms with E-state index in [2.05, 4.69) is 77.5 Å². The Morgan fingerprint density at radius 2 is 1.93 bits per heavy atom. The van der Waals surface area contributed by atoms with Crippen LogP contribution in [0.15, 0.2) is 54.0 Å². The van der Waals surface area contributed by atoms with Crippen molar-refractivity contribution in [1.82, 2.24) is 14.7 Å². The zero-order valence-electron chi connectivity index (χ0n) is 16.5. The summed E-state index contributed by atoms with van der Waals surface area (Å²) in [5, 5.41) is 7.06. The highest BCUT2D eigenvalue weighted by Gasteiger charge is 2.33. The van der Waals surface area contributed by atoms with E-state index in [1.165, 1.54) is 16.0 Å². The van der Waals surface area contributed by atoms with Gasteiger partial charge < -0.3 is 5.73 Å². The van der Waals surface area contributed by atoms with Crippen molar-refractivity contribution in [2.75, 3.05) is 13.1 Å². The molecule has 1 unspecified atom stereocenters. The van der Waals surface area contributed by atoms with Crippen LogP contribution in [0.3, 0.4) is 0 Å². The average Bonchev–Trinajstić information content (AvgIpc) is 3.29. The number of hydrogen-bond donors (Lipinski definition) is 1. The molecule has 0 bridgehead atoms. The Balaban J connectivity index is 0.00000225. The molecular formula is C22H29ClN4S. The lowest BCUT2D eigenvalue weighted by Gasteiger charge is -2.42. The highest BCUT2D eigenvalue weighted by atomic mass is 35.5. The molecule has 1 saturated heterocycles. The third-order valence-corrected chi connectivity index (χ3v) is 6.44. The maximum Gasteiger partial charge on any atom is 0.107 e. The van der Waals surface area contributed by atoms with Gasteiger partial charge in [-0.05, 0) is 28.8 Å². The molecule has 2 N–H and O–H groups in total. The molecular weight excluding hydrogens is 388 g/mol. The number of thiophene rings is 1. The molecule has 1 fully saturated rings. The predicted molar refractivity (Wildman–Crippen MR) is 120 cm³/mol. The topological polar surface area (TPSA) is 47.1 Å². The van der Waals surface area contributed by atoms with E-state index in [1.807, 2.05) is 0 Å². The third kappa shape index (κ3) is 4.66. The first-order chi connectivity index (χ1) is 13.0. The Labute approximate surface area is 177 Å². The summed E-state index contributed by atoms with van der Waals surface area (Å²) in [6.07, 6.45) is 3.28. The number of aromatic nitrogens is 2. The van der Waals surface area contributed by atoms with Crippen LogP contribution < -0.4 is 5.73 Å². The molecule has 3 heterocycles. The van der Waals surface area contributed by atoms with E-state index in [4.69, 9.17) is 10.8 Å². The van der Waals surface area contributed by atoms with Gasteiger partial charge in [0.1, 0.15) is 5.69 Å². The zero-order chi connectivity index (χ0) is 18.9. The van der Waals surface area contributed by atoms with Crippen molar-refractivity contribution >= 4 is 23.7 Å². The van der Waals surface area contributed by atoms with Gasteiger partial charge >= 0.3 is 0 Å². The summed E-state index contributed by atoms with van der Waals surface area (Å²) in [5.41, 5.74) is 10.2. The van der Waals surface area contributed by atoms with Crippen LogP contribution in [-0.2, 0) is 13.1 Å². The van der Waals surface area contributed by atoms with Crippen molar-refractivity contribution < 1.29 is 0 Å². The van der Waals surface area contributed by atoms with Crippen molar-refractivity contribution in [1.29, 1.82) is 0 Å². The lowest BCUT2D eigenvalue weighted by atomic mass is 9.79. The summed E-state index contributed by atoms with van der Waals surface area (Å²) >= 11 is 1.76. The van der Waals surface area contributed by atoms with Gasteiger partial charge in [0.15, 0.2) is 0 Å². The number of likely N-dealkylation sites (tertiary alicyclic amines) is 1. The van der Waals surface area contributed by atoms with E-state index < -0.39 is 0 Å². The molecule has 0 saturated carbocycles. The third-order valence-electron chi connectivity index (χ3n) is 5.56. The van der Waals surface area contributed by atoms with Crippen LogP contribution in [0.25, 0.3) is 10.6 Å². The number of nitrogens with zero attached hydrogens (tertiary/aromatic N) is 3. The minimum absolute atomic E-state index is 0. The normalized spacial score (nSPS) is 19.3. The summed E-state index contributed by atoms with van der Waals surface area (Å²) < 4.78 is 2.08. The maximum atomic E-state index is 6.32. The Kier molecular flexibility index (Phi) is 6.61. The Hall–Kier alpha value is -1.66. The van der Waals surface area contributed by atoms with Gasteiger partial charge in [-0.2, -0.15) is 5.10 Å². The molecule has 1 aliphatic heterocycles. The van der Waals surface area contributed by atoms with Crippen LogP contribution in [0.5, 0.6) is 0 Å². The molecule has 0 aliphatic carbocycles. The van der Waals surface area contributed by atoms with Gasteiger partial charge in [-0.25, -0.2) is 0 Å². The Morgan fingerprint density at radius 1 is 1.14 bits per heavy atom. The molecule has 6 heteroatoms. The fourth-order valence-corrected chi connectivity index (χ4v) is 4.66. The molecule has 1 aliphatic rings. The van der Waals surface area contributed by atoms with E-state index in [-0.39, 0.29) is 23.9 Å². The number of nitrogens with two attached hydrogens (primary N) is 1. The molecule has 0 spiro atoms. The first kappa shape index (κ1) is 21.1. The van der Waals surface area contributed by atoms with Gasteiger partial charge in [-0.3, -0.25) is 9.58 Å². The maximum absolute atomic E-state index is 6.32. The number of halogens is 1. The molecule has 1 atom stereocenters. The molecule has 28 heavy (non-hydrogen) atoms. The summed E-state index contributed by atoms with van der Waals surface area (Å²) in [6, 6.07) is 15.1. The predicted octanol–water partition coefficient (Wildman–Crippen LogP) is 4.64. The van der Waals surface area contributed by atoms with Crippen molar-refractivity contribution in [2.24, 2.45) is 11.1 Å². The van der Waals surface area contributed by atoms with E-state index in [1.54, 1.807) is 11.3 Å². The molecule has 2 aromatic heterocycles. The molecule has 0 radical (unpaired) electrons. The Bertz CT molecular complexity index is 873. The SMILES string of the molecule is CC1(C)CN(Cc2cn(Cc3ccccc3)nc2-c2cccs2)CCC1N.Cl. The second-order valence-electron chi connectivity index (χ2n) is 8.26. The molecule has 0 amide bonds. The van der Waals surface area contributed by atoms with Gasteiger partial charge in [0, 0.05) is 37.4 Å². The first-order valence-corrected chi connectivity index (χ1v) is 10.5. The van der Waals surface area contributed by atoms with Crippen LogP contribution in [0.2, 0.25) is 0 Å². The highest BCUT2D eigenvalue weighted by Crippen LogP contribution is 2.32. The summed E-state index contributed by atoms with van der Waals surface area (Å²) in [7, 11) is 0. The van der Waals surface area contributed by atoms with Crippen LogP contribution in [0.1, 0.15) is 31.4 Å². The summed E-state index contributed by atoms with van der Waals surface area (Å²) in [6.45, 7) is 8.37. The number of benzene rings is 1. The standard InChI is InChI=1S/C22H28N4S.ClH/c1-22(2)16-25(11-10-20(22)23)14-18-15-26(13-17-7-4-3-5-8-17)24-21(18)19-9-6-12-27-19;/h3-9,12,15,20H,10-11,13-14,16,23H2,1-2H3;1H. The number of hydrogen-bond acceptors (Lipinski definition) is 4. The van der Waals surface area contributed by atoms with Crippen molar-refractivity contribution in [3.8, 4) is 10.6 Å². The summed E-state index contributed by atoms with van der Waals surface area (Å²) in [5.74, 6) is 0. The largest absolute Gasteiger partial charge is 0.327 e. The van der Waals surface area contributed by atoms with Crippen LogP contribution in [0.4, 0.5) is 0 Å². The monoisotopic (exact) mass is 416 g/mol. The average molecular weight is 417 g/mol. The fourth-order valence-electron chi connectivity index (χ4n) is 3.91. The van der Waals surface area contributed by atoms with E-state index in [0.29, 0.717) is 0 Å². The number of piperidine rings is 1. The van der Waals surface area contributed by atoms with Crippen LogP contribution in [0, 0.1) is 5.41 Å². The van der Waals surface area contributed by atoms with Crippen LogP contribution >= 0.6 is 23.7 Å². The summed E-state index contributed by atoms with van der Waals surface area (Å²) in [4.78, 5) is 3.77. The van der Waals surface area contributed by atoms with Gasteiger partial charge in [-0.1, -0.05) is 50.2 Å².